The lowest BCUT2D eigenvalue weighted by molar-refractivity contribution is -0.138. The molecule has 0 aliphatic rings. The first-order valence-electron chi connectivity index (χ1n) is 8.50. The molecule has 0 aliphatic carbocycles. The Morgan fingerprint density at radius 2 is 1.70 bits per heavy atom. The molecule has 2 aromatic carbocycles. The molecule has 2 rings (SSSR count). The first kappa shape index (κ1) is 20.1. The molecule has 1 N–H and O–H groups in total. The number of carbonyl (C=O) groups is 3. The Morgan fingerprint density at radius 1 is 1.04 bits per heavy atom. The molecule has 2 aromatic rings. The highest BCUT2D eigenvalue weighted by Crippen LogP contribution is 2.03. The summed E-state index contributed by atoms with van der Waals surface area (Å²) in [5, 5.41) is 2.67. The molecule has 6 nitrogen and oxygen atoms in total. The number of carbonyl (C=O) groups excluding carboxylic acids is 3. The number of nitrogens with zero attached hydrogens (tertiary/aromatic N) is 1. The quantitative estimate of drug-likeness (QED) is 0.721. The molecule has 0 atom stereocenters. The fourth-order valence-electron chi connectivity index (χ4n) is 2.28. The molecular formula is C20H21FN2O4. The number of likely N-dealkylation sites (N-methyl/N-ethyl adjacent to an activating group) is 1. The third-order valence-electron chi connectivity index (χ3n) is 3.81. The van der Waals surface area contributed by atoms with E-state index in [4.69, 9.17) is 4.74 Å². The van der Waals surface area contributed by atoms with Crippen LogP contribution in [0.5, 0.6) is 0 Å². The van der Waals surface area contributed by atoms with Crippen molar-refractivity contribution >= 4 is 17.8 Å². The summed E-state index contributed by atoms with van der Waals surface area (Å²) in [7, 11) is 0. The van der Waals surface area contributed by atoms with Crippen LogP contribution in [-0.2, 0) is 20.9 Å². The monoisotopic (exact) mass is 372 g/mol. The van der Waals surface area contributed by atoms with Crippen molar-refractivity contribution in [1.29, 1.82) is 0 Å². The Hall–Kier alpha value is -3.22. The van der Waals surface area contributed by atoms with Crippen LogP contribution in [0.3, 0.4) is 0 Å². The van der Waals surface area contributed by atoms with Gasteiger partial charge in [0.2, 0.25) is 5.91 Å². The summed E-state index contributed by atoms with van der Waals surface area (Å²) in [6.07, 6.45) is 0. The third-order valence-corrected chi connectivity index (χ3v) is 3.81. The van der Waals surface area contributed by atoms with Gasteiger partial charge in [-0.25, -0.2) is 9.18 Å². The maximum atomic E-state index is 12.9. The maximum Gasteiger partial charge on any atom is 0.338 e. The van der Waals surface area contributed by atoms with Gasteiger partial charge in [-0.3, -0.25) is 9.59 Å². The molecule has 0 unspecified atom stereocenters. The molecule has 142 valence electrons. The first-order chi connectivity index (χ1) is 13.0. The molecule has 2 amide bonds. The second kappa shape index (κ2) is 10.1. The highest BCUT2D eigenvalue weighted by Gasteiger charge is 2.17. The minimum atomic E-state index is -0.597. The van der Waals surface area contributed by atoms with E-state index in [0.717, 1.165) is 5.56 Å². The Bertz CT molecular complexity index is 778. The van der Waals surface area contributed by atoms with E-state index in [1.807, 2.05) is 0 Å². The van der Waals surface area contributed by atoms with Crippen molar-refractivity contribution < 1.29 is 23.5 Å². The van der Waals surface area contributed by atoms with Gasteiger partial charge in [0.1, 0.15) is 5.82 Å². The van der Waals surface area contributed by atoms with E-state index in [0.29, 0.717) is 12.1 Å². The first-order valence-corrected chi connectivity index (χ1v) is 8.50. The molecular weight excluding hydrogens is 351 g/mol. The van der Waals surface area contributed by atoms with Crippen molar-refractivity contribution in [2.75, 3.05) is 19.7 Å². The lowest BCUT2D eigenvalue weighted by atomic mass is 10.2. The van der Waals surface area contributed by atoms with Crippen LogP contribution >= 0.6 is 0 Å². The molecule has 0 fully saturated rings. The zero-order valence-electron chi connectivity index (χ0n) is 15.0. The van der Waals surface area contributed by atoms with Crippen molar-refractivity contribution in [2.24, 2.45) is 0 Å². The van der Waals surface area contributed by atoms with Crippen LogP contribution in [0, 0.1) is 5.82 Å². The van der Waals surface area contributed by atoms with Crippen LogP contribution in [0.4, 0.5) is 4.39 Å². The van der Waals surface area contributed by atoms with Crippen LogP contribution < -0.4 is 5.32 Å². The van der Waals surface area contributed by atoms with E-state index in [1.165, 1.54) is 17.0 Å². The van der Waals surface area contributed by atoms with Crippen LogP contribution in [0.25, 0.3) is 0 Å². The normalized spacial score (nSPS) is 10.1. The number of hydrogen-bond acceptors (Lipinski definition) is 4. The van der Waals surface area contributed by atoms with Gasteiger partial charge in [0.15, 0.2) is 6.61 Å². The second-order valence-corrected chi connectivity index (χ2v) is 5.75. The predicted molar refractivity (Wildman–Crippen MR) is 97.2 cm³/mol. The van der Waals surface area contributed by atoms with Gasteiger partial charge in [0, 0.05) is 13.1 Å². The van der Waals surface area contributed by atoms with Gasteiger partial charge in [-0.05, 0) is 36.8 Å². The standard InChI is InChI=1S/C20H21FN2O4/c1-2-23(13-18(24)22-12-15-8-10-17(21)11-9-15)19(25)14-27-20(26)16-6-4-3-5-7-16/h3-11H,2,12-14H2,1H3,(H,22,24). The summed E-state index contributed by atoms with van der Waals surface area (Å²) in [5.74, 6) is -1.76. The molecule has 0 spiro atoms. The zero-order valence-corrected chi connectivity index (χ0v) is 15.0. The van der Waals surface area contributed by atoms with Crippen LogP contribution in [0.15, 0.2) is 54.6 Å². The van der Waals surface area contributed by atoms with E-state index >= 15 is 0 Å². The van der Waals surface area contributed by atoms with Gasteiger partial charge in [-0.15, -0.1) is 0 Å². The number of rotatable bonds is 8. The number of hydrogen-bond donors (Lipinski definition) is 1. The molecule has 0 heterocycles. The van der Waals surface area contributed by atoms with Crippen LogP contribution in [0.2, 0.25) is 0 Å². The Labute approximate surface area is 156 Å². The summed E-state index contributed by atoms with van der Waals surface area (Å²) in [6, 6.07) is 14.1. The number of ether oxygens (including phenoxy) is 1. The van der Waals surface area contributed by atoms with Gasteiger partial charge in [0.25, 0.3) is 5.91 Å². The summed E-state index contributed by atoms with van der Waals surface area (Å²) >= 11 is 0. The van der Waals surface area contributed by atoms with Gasteiger partial charge in [-0.2, -0.15) is 0 Å². The Morgan fingerprint density at radius 3 is 2.33 bits per heavy atom. The number of halogens is 1. The van der Waals surface area contributed by atoms with E-state index in [9.17, 15) is 18.8 Å². The average molecular weight is 372 g/mol. The highest BCUT2D eigenvalue weighted by molar-refractivity contribution is 5.92. The molecule has 7 heteroatoms. The fourth-order valence-corrected chi connectivity index (χ4v) is 2.28. The van der Waals surface area contributed by atoms with Crippen molar-refractivity contribution in [3.05, 3.63) is 71.5 Å². The third kappa shape index (κ3) is 6.54. The zero-order chi connectivity index (χ0) is 19.6. The smallest absolute Gasteiger partial charge is 0.338 e. The summed E-state index contributed by atoms with van der Waals surface area (Å²) < 4.78 is 17.9. The van der Waals surface area contributed by atoms with Crippen molar-refractivity contribution in [2.45, 2.75) is 13.5 Å². The molecule has 0 saturated carbocycles. The largest absolute Gasteiger partial charge is 0.452 e. The minimum absolute atomic E-state index is 0.153. The predicted octanol–water partition coefficient (Wildman–Crippen LogP) is 2.15. The average Bonchev–Trinajstić information content (AvgIpc) is 2.70. The van der Waals surface area contributed by atoms with Gasteiger partial charge in [-0.1, -0.05) is 30.3 Å². The van der Waals surface area contributed by atoms with Crippen LogP contribution in [0.1, 0.15) is 22.8 Å². The molecule has 0 aromatic heterocycles. The van der Waals surface area contributed by atoms with Crippen molar-refractivity contribution in [1.82, 2.24) is 10.2 Å². The molecule has 27 heavy (non-hydrogen) atoms. The van der Waals surface area contributed by atoms with Gasteiger partial charge in [0.05, 0.1) is 12.1 Å². The second-order valence-electron chi connectivity index (χ2n) is 5.75. The molecule has 0 radical (unpaired) electrons. The topological polar surface area (TPSA) is 75.7 Å². The van der Waals surface area contributed by atoms with E-state index in [2.05, 4.69) is 5.32 Å². The van der Waals surface area contributed by atoms with E-state index in [1.54, 1.807) is 49.4 Å². The maximum absolute atomic E-state index is 12.9. The minimum Gasteiger partial charge on any atom is -0.452 e. The Kier molecular flexibility index (Phi) is 7.49. The fraction of sp³-hybridized carbons (Fsp3) is 0.250. The molecule has 0 aliphatic heterocycles. The molecule has 0 bridgehead atoms. The number of nitrogens with one attached hydrogen (secondary N) is 1. The molecule has 0 saturated heterocycles. The highest BCUT2D eigenvalue weighted by atomic mass is 19.1. The summed E-state index contributed by atoms with van der Waals surface area (Å²) in [5.41, 5.74) is 1.10. The van der Waals surface area contributed by atoms with Crippen molar-refractivity contribution in [3.8, 4) is 0 Å². The number of benzene rings is 2. The summed E-state index contributed by atoms with van der Waals surface area (Å²) in [6.45, 7) is 1.66. The Balaban J connectivity index is 1.78. The van der Waals surface area contributed by atoms with Crippen molar-refractivity contribution in [3.63, 3.8) is 0 Å². The summed E-state index contributed by atoms with van der Waals surface area (Å²) in [4.78, 5) is 37.4. The van der Waals surface area contributed by atoms with E-state index < -0.39 is 18.5 Å². The lowest BCUT2D eigenvalue weighted by Crippen LogP contribution is -2.42. The van der Waals surface area contributed by atoms with Gasteiger partial charge < -0.3 is 15.0 Å². The SMILES string of the molecule is CCN(CC(=O)NCc1ccc(F)cc1)C(=O)COC(=O)c1ccccc1. The van der Waals surface area contributed by atoms with Gasteiger partial charge >= 0.3 is 5.97 Å². The number of esters is 1. The van der Waals surface area contributed by atoms with E-state index in [-0.39, 0.29) is 24.8 Å². The lowest BCUT2D eigenvalue weighted by Gasteiger charge is -2.20. The van der Waals surface area contributed by atoms with Crippen LogP contribution in [-0.4, -0.2) is 42.4 Å². The number of amides is 2.